The van der Waals surface area contributed by atoms with E-state index in [1.165, 1.54) is 15.0 Å². The first-order valence-electron chi connectivity index (χ1n) is 7.34. The maximum absolute atomic E-state index is 5.83. The molecule has 24 heavy (non-hydrogen) atoms. The highest BCUT2D eigenvalue weighted by Gasteiger charge is 2.11. The van der Waals surface area contributed by atoms with Gasteiger partial charge in [-0.25, -0.2) is 4.98 Å². The molecule has 0 radical (unpaired) electrons. The molecule has 0 amide bonds. The summed E-state index contributed by atoms with van der Waals surface area (Å²) in [4.78, 5) is 20.1. The minimum atomic E-state index is 0.108. The minimum absolute atomic E-state index is 0.108. The molecule has 0 aliphatic rings. The van der Waals surface area contributed by atoms with Gasteiger partial charge in [0, 0.05) is 22.8 Å². The minimum Gasteiger partial charge on any atom is -0.383 e. The number of anilines is 3. The Labute approximate surface area is 142 Å². The standard InChI is InChI=1S/C16H15N7S/c1-23(8-10-6-9-4-2-3-5-12(9)24-10)16-19-7-11-13(17)20-15(18)21-14(11)22-16/h2-7H,8H2,1H3,(H4,17,18,19,20,21,22). The third-order valence-electron chi connectivity index (χ3n) is 3.70. The summed E-state index contributed by atoms with van der Waals surface area (Å²) in [5.74, 6) is 0.963. The lowest BCUT2D eigenvalue weighted by Gasteiger charge is -2.16. The molecule has 4 rings (SSSR count). The van der Waals surface area contributed by atoms with Crippen LogP contribution in [0.4, 0.5) is 17.7 Å². The summed E-state index contributed by atoms with van der Waals surface area (Å²) in [5.41, 5.74) is 11.9. The molecule has 0 aliphatic carbocycles. The van der Waals surface area contributed by atoms with Gasteiger partial charge in [-0.1, -0.05) is 18.2 Å². The smallest absolute Gasteiger partial charge is 0.227 e. The maximum Gasteiger partial charge on any atom is 0.227 e. The molecule has 8 heteroatoms. The van der Waals surface area contributed by atoms with E-state index >= 15 is 0 Å². The average Bonchev–Trinajstić information content (AvgIpc) is 2.96. The van der Waals surface area contributed by atoms with Gasteiger partial charge >= 0.3 is 0 Å². The van der Waals surface area contributed by atoms with Crippen LogP contribution in [0.5, 0.6) is 0 Å². The number of benzene rings is 1. The molecule has 3 heterocycles. The van der Waals surface area contributed by atoms with E-state index in [9.17, 15) is 0 Å². The lowest BCUT2D eigenvalue weighted by Crippen LogP contribution is -2.18. The molecule has 4 N–H and O–H groups in total. The van der Waals surface area contributed by atoms with Crippen molar-refractivity contribution in [2.45, 2.75) is 6.54 Å². The fourth-order valence-electron chi connectivity index (χ4n) is 2.55. The third kappa shape index (κ3) is 2.56. The van der Waals surface area contributed by atoms with Crippen LogP contribution in [-0.2, 0) is 6.54 Å². The Balaban J connectivity index is 1.66. The molecule has 0 fully saturated rings. The van der Waals surface area contributed by atoms with Crippen molar-refractivity contribution >= 4 is 50.2 Å². The highest BCUT2D eigenvalue weighted by atomic mass is 32.1. The zero-order chi connectivity index (χ0) is 16.7. The van der Waals surface area contributed by atoms with Crippen LogP contribution in [0.25, 0.3) is 21.1 Å². The molecule has 0 atom stereocenters. The van der Waals surface area contributed by atoms with E-state index in [0.29, 0.717) is 23.5 Å². The van der Waals surface area contributed by atoms with Gasteiger partial charge in [0.25, 0.3) is 0 Å². The molecular weight excluding hydrogens is 322 g/mol. The van der Waals surface area contributed by atoms with Crippen molar-refractivity contribution in [3.05, 3.63) is 41.4 Å². The number of aromatic nitrogens is 4. The molecule has 0 aliphatic heterocycles. The first-order chi connectivity index (χ1) is 11.6. The summed E-state index contributed by atoms with van der Waals surface area (Å²) < 4.78 is 1.27. The molecule has 120 valence electrons. The molecule has 0 unspecified atom stereocenters. The number of fused-ring (bicyclic) bond motifs is 2. The van der Waals surface area contributed by atoms with E-state index in [4.69, 9.17) is 11.5 Å². The molecule has 7 nitrogen and oxygen atoms in total. The maximum atomic E-state index is 5.83. The second-order valence-electron chi connectivity index (χ2n) is 5.48. The van der Waals surface area contributed by atoms with Gasteiger partial charge in [0.2, 0.25) is 11.9 Å². The second-order valence-corrected chi connectivity index (χ2v) is 6.65. The summed E-state index contributed by atoms with van der Waals surface area (Å²) in [6, 6.07) is 10.5. The number of hydrogen-bond acceptors (Lipinski definition) is 8. The summed E-state index contributed by atoms with van der Waals surface area (Å²) in [5, 5.41) is 1.85. The van der Waals surface area contributed by atoms with Gasteiger partial charge in [-0.3, -0.25) is 0 Å². The van der Waals surface area contributed by atoms with Gasteiger partial charge in [-0.05, 0) is 17.5 Å². The van der Waals surface area contributed by atoms with Gasteiger partial charge in [-0.15, -0.1) is 11.3 Å². The topological polar surface area (TPSA) is 107 Å². The predicted octanol–water partition coefficient (Wildman–Crippen LogP) is 2.44. The van der Waals surface area contributed by atoms with Crippen molar-refractivity contribution in [2.24, 2.45) is 0 Å². The fourth-order valence-corrected chi connectivity index (χ4v) is 3.67. The van der Waals surface area contributed by atoms with Crippen LogP contribution in [0, 0.1) is 0 Å². The Morgan fingerprint density at radius 3 is 2.79 bits per heavy atom. The SMILES string of the molecule is CN(Cc1cc2ccccc2s1)c1ncc2c(N)nc(N)nc2n1. The first-order valence-corrected chi connectivity index (χ1v) is 8.16. The fraction of sp³-hybridized carbons (Fsp3) is 0.125. The first kappa shape index (κ1) is 14.6. The Morgan fingerprint density at radius 2 is 1.96 bits per heavy atom. The van der Waals surface area contributed by atoms with E-state index in [-0.39, 0.29) is 11.8 Å². The van der Waals surface area contributed by atoms with E-state index in [1.807, 2.05) is 24.1 Å². The number of nitrogens with two attached hydrogens (primary N) is 2. The molecule has 0 saturated carbocycles. The quantitative estimate of drug-likeness (QED) is 0.591. The average molecular weight is 337 g/mol. The summed E-state index contributed by atoms with van der Waals surface area (Å²) >= 11 is 1.77. The van der Waals surface area contributed by atoms with E-state index in [2.05, 4.69) is 38.1 Å². The van der Waals surface area contributed by atoms with Crippen molar-refractivity contribution in [3.63, 3.8) is 0 Å². The summed E-state index contributed by atoms with van der Waals surface area (Å²) in [7, 11) is 1.94. The number of nitrogen functional groups attached to an aromatic ring is 2. The highest BCUT2D eigenvalue weighted by Crippen LogP contribution is 2.27. The van der Waals surface area contributed by atoms with Gasteiger partial charge in [-0.2, -0.15) is 15.0 Å². The van der Waals surface area contributed by atoms with Crippen molar-refractivity contribution in [2.75, 3.05) is 23.4 Å². The summed E-state index contributed by atoms with van der Waals surface area (Å²) in [6.07, 6.45) is 1.63. The Hall–Kier alpha value is -3.00. The van der Waals surface area contributed by atoms with Crippen LogP contribution < -0.4 is 16.4 Å². The van der Waals surface area contributed by atoms with Crippen molar-refractivity contribution in [1.82, 2.24) is 19.9 Å². The number of thiophene rings is 1. The van der Waals surface area contributed by atoms with Crippen LogP contribution in [0.15, 0.2) is 36.5 Å². The van der Waals surface area contributed by atoms with Crippen LogP contribution in [-0.4, -0.2) is 27.0 Å². The predicted molar refractivity (Wildman–Crippen MR) is 97.9 cm³/mol. The normalized spacial score (nSPS) is 11.2. The highest BCUT2D eigenvalue weighted by molar-refractivity contribution is 7.19. The second kappa shape index (κ2) is 5.57. The largest absolute Gasteiger partial charge is 0.383 e. The molecule has 0 spiro atoms. The lowest BCUT2D eigenvalue weighted by atomic mass is 10.2. The summed E-state index contributed by atoms with van der Waals surface area (Å²) in [6.45, 7) is 0.709. The third-order valence-corrected chi connectivity index (χ3v) is 4.80. The van der Waals surface area contributed by atoms with Crippen LogP contribution >= 0.6 is 11.3 Å². The zero-order valence-corrected chi connectivity index (χ0v) is 13.8. The Morgan fingerprint density at radius 1 is 1.12 bits per heavy atom. The number of hydrogen-bond donors (Lipinski definition) is 2. The molecule has 4 aromatic rings. The van der Waals surface area contributed by atoms with Crippen molar-refractivity contribution in [1.29, 1.82) is 0 Å². The van der Waals surface area contributed by atoms with Crippen molar-refractivity contribution in [3.8, 4) is 0 Å². The van der Waals surface area contributed by atoms with E-state index in [1.54, 1.807) is 17.5 Å². The van der Waals surface area contributed by atoms with Crippen LogP contribution in [0.1, 0.15) is 4.88 Å². The van der Waals surface area contributed by atoms with E-state index in [0.717, 1.165) is 0 Å². The Bertz CT molecular complexity index is 1010. The van der Waals surface area contributed by atoms with Crippen LogP contribution in [0.3, 0.4) is 0 Å². The molecular formula is C16H15N7S. The van der Waals surface area contributed by atoms with Gasteiger partial charge < -0.3 is 16.4 Å². The molecule has 1 aromatic carbocycles. The molecule has 3 aromatic heterocycles. The lowest BCUT2D eigenvalue weighted by molar-refractivity contribution is 0.883. The monoisotopic (exact) mass is 337 g/mol. The van der Waals surface area contributed by atoms with Gasteiger partial charge in [0.1, 0.15) is 5.82 Å². The van der Waals surface area contributed by atoms with Crippen LogP contribution in [0.2, 0.25) is 0 Å². The van der Waals surface area contributed by atoms with Gasteiger partial charge in [0.05, 0.1) is 11.9 Å². The van der Waals surface area contributed by atoms with Crippen molar-refractivity contribution < 1.29 is 0 Å². The Kier molecular flexibility index (Phi) is 3.39. The number of rotatable bonds is 3. The molecule has 0 saturated heterocycles. The number of nitrogens with zero attached hydrogens (tertiary/aromatic N) is 5. The van der Waals surface area contributed by atoms with Gasteiger partial charge in [0.15, 0.2) is 5.65 Å². The molecule has 0 bridgehead atoms. The van der Waals surface area contributed by atoms with E-state index < -0.39 is 0 Å². The zero-order valence-electron chi connectivity index (χ0n) is 13.0.